The van der Waals surface area contributed by atoms with Crippen molar-refractivity contribution >= 4 is 10.6 Å². The first-order valence-corrected chi connectivity index (χ1v) is 8.11. The van der Waals surface area contributed by atoms with Gasteiger partial charge in [-0.3, -0.25) is 0 Å². The van der Waals surface area contributed by atoms with Gasteiger partial charge in [-0.25, -0.2) is 0 Å². The van der Waals surface area contributed by atoms with Crippen molar-refractivity contribution < 1.29 is 53.5 Å². The molecule has 0 aromatic rings. The minimum Gasteiger partial charge on any atom is -0.848 e. The molecule has 0 spiro atoms. The van der Waals surface area contributed by atoms with Gasteiger partial charge in [0.05, 0.1) is 24.9 Å². The van der Waals surface area contributed by atoms with E-state index in [1.54, 1.807) is 0 Å². The van der Waals surface area contributed by atoms with Gasteiger partial charge in [0.25, 0.3) is 0 Å². The molecule has 1 saturated carbocycles. The summed E-state index contributed by atoms with van der Waals surface area (Å²) in [6, 6.07) is 0. The summed E-state index contributed by atoms with van der Waals surface area (Å²) >= 11 is 0. The van der Waals surface area contributed by atoms with Gasteiger partial charge in [0, 0.05) is 18.6 Å². The summed E-state index contributed by atoms with van der Waals surface area (Å²) < 4.78 is 25.3. The molecule has 0 bridgehead atoms. The molecule has 0 saturated heterocycles. The van der Waals surface area contributed by atoms with Crippen LogP contribution in [0.2, 0.25) is 0 Å². The van der Waals surface area contributed by atoms with E-state index in [1.807, 2.05) is 0 Å². The fourth-order valence-electron chi connectivity index (χ4n) is 2.72. The molecule has 0 aromatic heterocycles. The van der Waals surface area contributed by atoms with Crippen LogP contribution in [-0.4, -0.2) is 98.2 Å². The third-order valence-corrected chi connectivity index (χ3v) is 4.03. The summed E-state index contributed by atoms with van der Waals surface area (Å²) in [5.74, 6) is -1.11. The Bertz CT molecular complexity index is 448. The summed E-state index contributed by atoms with van der Waals surface area (Å²) in [7, 11) is -3.11. The summed E-state index contributed by atoms with van der Waals surface area (Å²) in [6.45, 7) is -1.19. The lowest BCUT2D eigenvalue weighted by Gasteiger charge is -2.36. The normalized spacial score (nSPS) is 31.5. The second-order valence-electron chi connectivity index (χ2n) is 5.61. The molecule has 1 aliphatic rings. The second kappa shape index (κ2) is 11.0. The summed E-state index contributed by atoms with van der Waals surface area (Å²) in [6.07, 6.45) is -9.04. The van der Waals surface area contributed by atoms with Crippen LogP contribution in [0, 0.1) is 11.8 Å². The van der Waals surface area contributed by atoms with Crippen LogP contribution in [0.5, 0.6) is 0 Å². The van der Waals surface area contributed by atoms with Gasteiger partial charge in [-0.05, 0) is 18.8 Å². The quantitative estimate of drug-likeness (QED) is 0.223. The molecule has 1 aliphatic carbocycles. The van der Waals surface area contributed by atoms with Crippen molar-refractivity contribution in [1.82, 2.24) is 0 Å². The van der Waals surface area contributed by atoms with Crippen molar-refractivity contribution in [2.45, 2.75) is 49.5 Å². The third-order valence-electron chi connectivity index (χ3n) is 4.03. The molecule has 0 amide bonds. The van der Waals surface area contributed by atoms with Crippen molar-refractivity contribution in [1.29, 1.82) is 0 Å². The Morgan fingerprint density at radius 1 is 1.04 bits per heavy atom. The van der Waals surface area contributed by atoms with Gasteiger partial charge < -0.3 is 40.9 Å². The molecule has 0 aromatic carbocycles. The third kappa shape index (κ3) is 7.04. The average molecular weight is 375 g/mol. The fraction of sp³-hybridized carbons (Fsp3) is 1.00. The monoisotopic (exact) mass is 375 g/mol. The lowest BCUT2D eigenvalue weighted by atomic mass is 9.87. The number of rotatable bonds is 7. The highest BCUT2D eigenvalue weighted by atomic mass is 32.2. The maximum Gasteiger partial charge on any atom is 0.425 e. The van der Waals surface area contributed by atoms with Crippen molar-refractivity contribution in [3.63, 3.8) is 0 Å². The van der Waals surface area contributed by atoms with Crippen molar-refractivity contribution in [2.75, 3.05) is 13.2 Å². The van der Waals surface area contributed by atoms with Gasteiger partial charge in [-0.2, -0.15) is 0 Å². The van der Waals surface area contributed by atoms with E-state index in [0.29, 0.717) is 0 Å². The Morgan fingerprint density at radius 2 is 1.54 bits per heavy atom. The molecule has 24 heavy (non-hydrogen) atoms. The molecular formula is C12H23O11S-. The molecule has 1 rings (SSSR count). The largest absolute Gasteiger partial charge is 0.848 e. The van der Waals surface area contributed by atoms with Crippen LogP contribution in [-0.2, 0) is 10.6 Å². The number of hydrogen-bond acceptors (Lipinski definition) is 11. The first-order valence-electron chi connectivity index (χ1n) is 7.11. The first-order chi connectivity index (χ1) is 11.1. The van der Waals surface area contributed by atoms with E-state index in [0.717, 1.165) is 0 Å². The standard InChI is InChI=1S/C12H23O8.O3S/c13-3-6-5(1-7(15)10(6)18)2-8(16)11(19)12(20)9(17)4-14;1-4(2)3/h5-18,20H,1-4H2;/q-1;/t5-,6-,7+,8+,9-,10+,11+,12+;/m0./s1. The molecule has 12 heteroatoms. The SMILES string of the molecule is O=S(=O)=O.[O-][C@@H]([C@H](O)[C@@H](O)CO)[C@H](O)C[C@@H]1C[C@@H](O)[C@H](O)[C@H]1CO. The highest BCUT2D eigenvalue weighted by molar-refractivity contribution is 7.59. The van der Waals surface area contributed by atoms with Gasteiger partial charge in [0.15, 0.2) is 0 Å². The van der Waals surface area contributed by atoms with Crippen molar-refractivity contribution in [2.24, 2.45) is 11.8 Å². The van der Waals surface area contributed by atoms with Crippen LogP contribution in [0.4, 0.5) is 0 Å². The van der Waals surface area contributed by atoms with Gasteiger partial charge in [-0.1, -0.05) is 6.10 Å². The predicted octanol–water partition coefficient (Wildman–Crippen LogP) is -5.47. The lowest BCUT2D eigenvalue weighted by molar-refractivity contribution is -0.460. The second-order valence-corrected chi connectivity index (χ2v) is 6.02. The van der Waals surface area contributed by atoms with E-state index in [9.17, 15) is 25.5 Å². The topological polar surface area (TPSA) is 216 Å². The number of aliphatic hydroxyl groups is 7. The molecule has 0 heterocycles. The van der Waals surface area contributed by atoms with Crippen LogP contribution in [0.1, 0.15) is 12.8 Å². The average Bonchev–Trinajstić information content (AvgIpc) is 2.78. The first kappa shape index (κ1) is 23.3. The van der Waals surface area contributed by atoms with Gasteiger partial charge in [0.1, 0.15) is 6.10 Å². The molecule has 1 fully saturated rings. The minimum absolute atomic E-state index is 0.122. The molecular weight excluding hydrogens is 352 g/mol. The zero-order chi connectivity index (χ0) is 19.0. The molecule has 0 unspecified atom stereocenters. The summed E-state index contributed by atoms with van der Waals surface area (Å²) in [5, 5.41) is 77.0. The fourth-order valence-corrected chi connectivity index (χ4v) is 2.72. The van der Waals surface area contributed by atoms with E-state index < -0.39 is 65.7 Å². The van der Waals surface area contributed by atoms with Crippen LogP contribution < -0.4 is 5.11 Å². The zero-order valence-electron chi connectivity index (χ0n) is 12.6. The zero-order valence-corrected chi connectivity index (χ0v) is 13.4. The Labute approximate surface area is 139 Å². The highest BCUT2D eigenvalue weighted by Gasteiger charge is 2.42. The smallest absolute Gasteiger partial charge is 0.425 e. The van der Waals surface area contributed by atoms with Crippen molar-refractivity contribution in [3.8, 4) is 0 Å². The van der Waals surface area contributed by atoms with Crippen LogP contribution in [0.25, 0.3) is 0 Å². The minimum atomic E-state index is -3.11. The summed E-state index contributed by atoms with van der Waals surface area (Å²) in [5.41, 5.74) is 0. The summed E-state index contributed by atoms with van der Waals surface area (Å²) in [4.78, 5) is 0. The maximum absolute atomic E-state index is 11.7. The molecule has 0 radical (unpaired) electrons. The maximum atomic E-state index is 11.7. The molecule has 8 atom stereocenters. The van der Waals surface area contributed by atoms with E-state index in [1.165, 1.54) is 0 Å². The van der Waals surface area contributed by atoms with Gasteiger partial charge in [0.2, 0.25) is 0 Å². The van der Waals surface area contributed by atoms with E-state index in [4.69, 9.17) is 27.9 Å². The molecule has 7 N–H and O–H groups in total. The molecule has 0 aliphatic heterocycles. The Hall–Kier alpha value is -0.700. The van der Waals surface area contributed by atoms with Crippen LogP contribution in [0.15, 0.2) is 0 Å². The molecule has 11 nitrogen and oxygen atoms in total. The highest BCUT2D eigenvalue weighted by Crippen LogP contribution is 2.35. The Balaban J connectivity index is 0.00000118. The molecule has 144 valence electrons. The van der Waals surface area contributed by atoms with Gasteiger partial charge >= 0.3 is 10.6 Å². The van der Waals surface area contributed by atoms with Crippen molar-refractivity contribution in [3.05, 3.63) is 0 Å². The predicted molar refractivity (Wildman–Crippen MR) is 73.9 cm³/mol. The van der Waals surface area contributed by atoms with E-state index >= 15 is 0 Å². The number of aliphatic hydroxyl groups excluding tert-OH is 7. The lowest BCUT2D eigenvalue weighted by Crippen LogP contribution is -2.54. The van der Waals surface area contributed by atoms with E-state index in [2.05, 4.69) is 0 Å². The van der Waals surface area contributed by atoms with Crippen LogP contribution in [0.3, 0.4) is 0 Å². The van der Waals surface area contributed by atoms with E-state index in [-0.39, 0.29) is 19.4 Å². The Kier molecular flexibility index (Phi) is 10.7. The van der Waals surface area contributed by atoms with Crippen LogP contribution >= 0.6 is 0 Å². The van der Waals surface area contributed by atoms with Gasteiger partial charge in [-0.15, -0.1) is 12.6 Å². The Morgan fingerprint density at radius 3 is 1.96 bits per heavy atom. The number of hydrogen-bond donors (Lipinski definition) is 7.